The molecular formula is C13H17ClFNO. The Balaban J connectivity index is 2.01. The zero-order valence-electron chi connectivity index (χ0n) is 9.66. The van der Waals surface area contributed by atoms with Crippen LogP contribution in [0.15, 0.2) is 18.2 Å². The summed E-state index contributed by atoms with van der Waals surface area (Å²) in [5, 5.41) is 0.194. The smallest absolute Gasteiger partial charge is 0.142 e. The molecule has 1 heterocycles. The van der Waals surface area contributed by atoms with Crippen molar-refractivity contribution in [1.82, 2.24) is 0 Å². The Labute approximate surface area is 106 Å². The second kappa shape index (κ2) is 5.80. The Morgan fingerprint density at radius 1 is 1.53 bits per heavy atom. The summed E-state index contributed by atoms with van der Waals surface area (Å²) in [6.45, 7) is 1.53. The molecule has 4 heteroatoms. The van der Waals surface area contributed by atoms with Crippen molar-refractivity contribution >= 4 is 11.6 Å². The Morgan fingerprint density at radius 3 is 3.06 bits per heavy atom. The third kappa shape index (κ3) is 3.18. The van der Waals surface area contributed by atoms with Crippen LogP contribution in [0.4, 0.5) is 4.39 Å². The third-order valence-corrected chi connectivity index (χ3v) is 3.71. The summed E-state index contributed by atoms with van der Waals surface area (Å²) in [5.41, 5.74) is 6.92. The fraction of sp³-hybridized carbons (Fsp3) is 0.538. The summed E-state index contributed by atoms with van der Waals surface area (Å²) in [4.78, 5) is 0. The van der Waals surface area contributed by atoms with E-state index in [9.17, 15) is 4.39 Å². The Kier molecular flexibility index (Phi) is 4.37. The van der Waals surface area contributed by atoms with Gasteiger partial charge in [0.2, 0.25) is 0 Å². The van der Waals surface area contributed by atoms with E-state index in [1.807, 2.05) is 6.07 Å². The maximum absolute atomic E-state index is 13.3. The van der Waals surface area contributed by atoms with Crippen molar-refractivity contribution in [3.63, 3.8) is 0 Å². The Hall–Kier alpha value is -0.640. The standard InChI is InChI=1S/C13H17ClFNO/c14-13-9(3-1-5-11(13)15)7-12(16)10-4-2-6-17-8-10/h1,3,5,10,12H,2,4,6-8,16H2. The molecule has 0 aromatic heterocycles. The first-order chi connectivity index (χ1) is 8.18. The minimum atomic E-state index is -0.378. The molecule has 1 aromatic carbocycles. The highest BCUT2D eigenvalue weighted by Crippen LogP contribution is 2.24. The van der Waals surface area contributed by atoms with E-state index in [4.69, 9.17) is 22.1 Å². The average Bonchev–Trinajstić information content (AvgIpc) is 2.36. The molecule has 0 bridgehead atoms. The fourth-order valence-electron chi connectivity index (χ4n) is 2.23. The number of hydrogen-bond donors (Lipinski definition) is 1. The van der Waals surface area contributed by atoms with Crippen LogP contribution in [0.5, 0.6) is 0 Å². The molecule has 2 rings (SSSR count). The van der Waals surface area contributed by atoms with Crippen LogP contribution < -0.4 is 5.73 Å². The van der Waals surface area contributed by atoms with Crippen LogP contribution in [0.25, 0.3) is 0 Å². The highest BCUT2D eigenvalue weighted by atomic mass is 35.5. The second-order valence-corrected chi connectivity index (χ2v) is 4.94. The molecular weight excluding hydrogens is 241 g/mol. The predicted molar refractivity (Wildman–Crippen MR) is 66.6 cm³/mol. The first kappa shape index (κ1) is 12.8. The third-order valence-electron chi connectivity index (χ3n) is 3.29. The van der Waals surface area contributed by atoms with Gasteiger partial charge in [0.25, 0.3) is 0 Å². The lowest BCUT2D eigenvalue weighted by Crippen LogP contribution is -2.37. The van der Waals surface area contributed by atoms with Gasteiger partial charge in [0, 0.05) is 12.6 Å². The SMILES string of the molecule is NC(Cc1cccc(F)c1Cl)C1CCCOC1. The predicted octanol–water partition coefficient (Wildman–Crippen LogP) is 2.78. The summed E-state index contributed by atoms with van der Waals surface area (Å²) in [6, 6.07) is 4.84. The quantitative estimate of drug-likeness (QED) is 0.904. The molecule has 2 unspecified atom stereocenters. The zero-order valence-corrected chi connectivity index (χ0v) is 10.4. The van der Waals surface area contributed by atoms with E-state index in [1.54, 1.807) is 6.07 Å². The van der Waals surface area contributed by atoms with Gasteiger partial charge in [-0.3, -0.25) is 0 Å². The van der Waals surface area contributed by atoms with Gasteiger partial charge in [0.05, 0.1) is 11.6 Å². The summed E-state index contributed by atoms with van der Waals surface area (Å²) >= 11 is 5.91. The summed E-state index contributed by atoms with van der Waals surface area (Å²) in [7, 11) is 0. The lowest BCUT2D eigenvalue weighted by atomic mass is 9.90. The van der Waals surface area contributed by atoms with Crippen molar-refractivity contribution in [3.8, 4) is 0 Å². The fourth-order valence-corrected chi connectivity index (χ4v) is 2.43. The van der Waals surface area contributed by atoms with Crippen molar-refractivity contribution in [2.24, 2.45) is 11.7 Å². The molecule has 17 heavy (non-hydrogen) atoms. The number of ether oxygens (including phenoxy) is 1. The van der Waals surface area contributed by atoms with E-state index in [1.165, 1.54) is 6.07 Å². The average molecular weight is 258 g/mol. The van der Waals surface area contributed by atoms with Gasteiger partial charge in [-0.2, -0.15) is 0 Å². The van der Waals surface area contributed by atoms with Crippen molar-refractivity contribution < 1.29 is 9.13 Å². The Bertz CT molecular complexity index is 380. The number of hydrogen-bond acceptors (Lipinski definition) is 2. The second-order valence-electron chi connectivity index (χ2n) is 4.56. The summed E-state index contributed by atoms with van der Waals surface area (Å²) in [6.07, 6.45) is 2.73. The topological polar surface area (TPSA) is 35.2 Å². The molecule has 1 saturated heterocycles. The van der Waals surface area contributed by atoms with Gasteiger partial charge < -0.3 is 10.5 Å². The number of halogens is 2. The lowest BCUT2D eigenvalue weighted by Gasteiger charge is -2.27. The van der Waals surface area contributed by atoms with Gasteiger partial charge in [-0.1, -0.05) is 23.7 Å². The summed E-state index contributed by atoms with van der Waals surface area (Å²) < 4.78 is 18.7. The van der Waals surface area contributed by atoms with E-state index in [0.717, 1.165) is 25.0 Å². The molecule has 2 nitrogen and oxygen atoms in total. The molecule has 1 aliphatic rings. The van der Waals surface area contributed by atoms with E-state index in [2.05, 4.69) is 0 Å². The van der Waals surface area contributed by atoms with Crippen LogP contribution >= 0.6 is 11.6 Å². The monoisotopic (exact) mass is 257 g/mol. The van der Waals surface area contributed by atoms with Crippen molar-refractivity contribution in [2.45, 2.75) is 25.3 Å². The molecule has 0 amide bonds. The molecule has 2 atom stereocenters. The minimum absolute atomic E-state index is 0.0189. The van der Waals surface area contributed by atoms with Gasteiger partial charge in [-0.25, -0.2) is 4.39 Å². The first-order valence-electron chi connectivity index (χ1n) is 5.94. The number of benzene rings is 1. The number of rotatable bonds is 3. The van der Waals surface area contributed by atoms with Gasteiger partial charge in [0.15, 0.2) is 0 Å². The van der Waals surface area contributed by atoms with Crippen LogP contribution in [0, 0.1) is 11.7 Å². The van der Waals surface area contributed by atoms with E-state index in [-0.39, 0.29) is 16.9 Å². The highest BCUT2D eigenvalue weighted by molar-refractivity contribution is 6.31. The van der Waals surface area contributed by atoms with E-state index < -0.39 is 0 Å². The van der Waals surface area contributed by atoms with Crippen LogP contribution in [0.2, 0.25) is 5.02 Å². The maximum Gasteiger partial charge on any atom is 0.142 e. The first-order valence-corrected chi connectivity index (χ1v) is 6.32. The van der Waals surface area contributed by atoms with Crippen LogP contribution in [0.3, 0.4) is 0 Å². The molecule has 1 fully saturated rings. The molecule has 1 aliphatic heterocycles. The zero-order chi connectivity index (χ0) is 12.3. The molecule has 0 saturated carbocycles. The molecule has 1 aromatic rings. The normalized spacial score (nSPS) is 22.4. The molecule has 2 N–H and O–H groups in total. The van der Waals surface area contributed by atoms with E-state index in [0.29, 0.717) is 18.9 Å². The van der Waals surface area contributed by atoms with Gasteiger partial charge in [0.1, 0.15) is 5.82 Å². The molecule has 0 radical (unpaired) electrons. The largest absolute Gasteiger partial charge is 0.381 e. The van der Waals surface area contributed by atoms with Gasteiger partial charge in [-0.15, -0.1) is 0 Å². The maximum atomic E-state index is 13.3. The molecule has 0 spiro atoms. The van der Waals surface area contributed by atoms with Gasteiger partial charge >= 0.3 is 0 Å². The highest BCUT2D eigenvalue weighted by Gasteiger charge is 2.22. The number of nitrogens with two attached hydrogens (primary N) is 1. The summed E-state index contributed by atoms with van der Waals surface area (Å²) in [5.74, 6) is -0.0284. The van der Waals surface area contributed by atoms with Crippen molar-refractivity contribution in [1.29, 1.82) is 0 Å². The van der Waals surface area contributed by atoms with Crippen LogP contribution in [-0.2, 0) is 11.2 Å². The Morgan fingerprint density at radius 2 is 2.35 bits per heavy atom. The van der Waals surface area contributed by atoms with Crippen LogP contribution in [0.1, 0.15) is 18.4 Å². The molecule has 94 valence electrons. The lowest BCUT2D eigenvalue weighted by molar-refractivity contribution is 0.0450. The molecule has 0 aliphatic carbocycles. The van der Waals surface area contributed by atoms with E-state index >= 15 is 0 Å². The van der Waals surface area contributed by atoms with Crippen molar-refractivity contribution in [2.75, 3.05) is 13.2 Å². The van der Waals surface area contributed by atoms with Crippen molar-refractivity contribution in [3.05, 3.63) is 34.6 Å². The minimum Gasteiger partial charge on any atom is -0.381 e. The van der Waals surface area contributed by atoms with Gasteiger partial charge in [-0.05, 0) is 36.8 Å². The van der Waals surface area contributed by atoms with Crippen LogP contribution in [-0.4, -0.2) is 19.3 Å².